The first kappa shape index (κ1) is 48.8. The molecule has 0 saturated carbocycles. The third-order valence-electron chi connectivity index (χ3n) is 7.97. The lowest BCUT2D eigenvalue weighted by Gasteiger charge is -2.16. The minimum Gasteiger partial charge on any atom is -0.462 e. The molecule has 0 amide bonds. The maximum atomic E-state index is 13.4. The van der Waals surface area contributed by atoms with Gasteiger partial charge in [0, 0.05) is 17.6 Å². The summed E-state index contributed by atoms with van der Waals surface area (Å²) in [6.45, 7) is 17.9. The quantitative estimate of drug-likeness (QED) is 0.0477. The summed E-state index contributed by atoms with van der Waals surface area (Å²) in [5.74, 6) is -6.09. The largest absolute Gasteiger partial charge is 0.462 e. The number of benzene rings is 2. The number of allylic oxidation sites excluding steroid dienone is 2. The molecule has 2 N–H and O–H groups in total. The van der Waals surface area contributed by atoms with Crippen LogP contribution in [0.5, 0.6) is 0 Å². The summed E-state index contributed by atoms with van der Waals surface area (Å²) in [5.41, 5.74) is 0.989. The average Bonchev–Trinajstić information content (AvgIpc) is 3.21. The van der Waals surface area contributed by atoms with Gasteiger partial charge in [0.05, 0.1) is 28.4 Å². The van der Waals surface area contributed by atoms with E-state index in [0.29, 0.717) is 6.42 Å². The molecule has 318 valence electrons. The van der Waals surface area contributed by atoms with Crippen LogP contribution in [-0.4, -0.2) is 110 Å². The van der Waals surface area contributed by atoms with Crippen molar-refractivity contribution in [1.29, 1.82) is 0 Å². The minimum atomic E-state index is -1.42. The number of aliphatic hydroxyl groups excluding tert-OH is 2. The van der Waals surface area contributed by atoms with Gasteiger partial charge in [-0.3, -0.25) is 4.79 Å². The molecule has 0 saturated heterocycles. The van der Waals surface area contributed by atoms with Crippen LogP contribution in [-0.2, 0) is 47.5 Å². The molecule has 0 heterocycles. The van der Waals surface area contributed by atoms with Crippen LogP contribution in [0, 0.1) is 0 Å². The van der Waals surface area contributed by atoms with Crippen LogP contribution in [0.2, 0.25) is 0 Å². The van der Waals surface area contributed by atoms with Gasteiger partial charge in [-0.25, -0.2) is 28.8 Å². The highest BCUT2D eigenvalue weighted by Crippen LogP contribution is 2.28. The molecule has 0 spiro atoms. The van der Waals surface area contributed by atoms with E-state index in [1.54, 1.807) is 13.8 Å². The van der Waals surface area contributed by atoms with Crippen LogP contribution in [0.15, 0.2) is 85.0 Å². The molecular formula is C43H50O16. The Bertz CT molecular complexity index is 1940. The molecule has 2 rings (SSSR count). The molecule has 59 heavy (non-hydrogen) atoms. The van der Waals surface area contributed by atoms with Gasteiger partial charge in [-0.1, -0.05) is 56.5 Å². The normalized spacial score (nSPS) is 11.5. The lowest BCUT2D eigenvalue weighted by Crippen LogP contribution is -2.26. The van der Waals surface area contributed by atoms with Crippen LogP contribution in [0.3, 0.4) is 0 Å². The zero-order valence-electron chi connectivity index (χ0n) is 33.6. The van der Waals surface area contributed by atoms with Gasteiger partial charge in [0.2, 0.25) is 0 Å². The Morgan fingerprint density at radius 2 is 0.932 bits per heavy atom. The van der Waals surface area contributed by atoms with Gasteiger partial charge in [0.1, 0.15) is 52.4 Å². The van der Waals surface area contributed by atoms with E-state index in [-0.39, 0.29) is 77.2 Å². The van der Waals surface area contributed by atoms with E-state index < -0.39 is 80.4 Å². The van der Waals surface area contributed by atoms with Gasteiger partial charge < -0.3 is 43.4 Å². The number of carbonyl (C=O) groups excluding carboxylic acids is 7. The van der Waals surface area contributed by atoms with E-state index in [1.807, 2.05) is 0 Å². The number of esters is 7. The van der Waals surface area contributed by atoms with Crippen molar-refractivity contribution >= 4 is 41.8 Å². The van der Waals surface area contributed by atoms with Crippen molar-refractivity contribution < 1.29 is 76.9 Å². The van der Waals surface area contributed by atoms with Gasteiger partial charge in [0.25, 0.3) is 0 Å². The number of hydrogen-bond acceptors (Lipinski definition) is 16. The standard InChI is InChI=1S/C43H50O16/c1-9-37(46)53-16-17-55-42(51)36-21-30(12-15-34(36)41(50)59-24-32(45)23-57-39(48)27(6)7)29-11-14-33(40(49)58-22-31(44)13-10-28(8)25(2)3)35(20-29)43(52)56-19-18-54-38(47)26(4)5/h11-12,14-15,20-21,31-32,44-45H,2,4,6,8-10,13,16-19,22-24H2,1,3,5,7H3. The van der Waals surface area contributed by atoms with Crippen molar-refractivity contribution in [3.05, 3.63) is 107 Å². The van der Waals surface area contributed by atoms with Crippen LogP contribution in [0.25, 0.3) is 11.1 Å². The van der Waals surface area contributed by atoms with Crippen LogP contribution in [0.1, 0.15) is 88.4 Å². The molecule has 0 aromatic heterocycles. The van der Waals surface area contributed by atoms with Crippen molar-refractivity contribution in [2.45, 2.75) is 59.2 Å². The average molecular weight is 823 g/mol. The highest BCUT2D eigenvalue weighted by atomic mass is 16.6. The third kappa shape index (κ3) is 16.5. The summed E-state index contributed by atoms with van der Waals surface area (Å²) >= 11 is 0. The fourth-order valence-corrected chi connectivity index (χ4v) is 4.56. The van der Waals surface area contributed by atoms with Gasteiger partial charge in [-0.2, -0.15) is 0 Å². The zero-order chi connectivity index (χ0) is 44.2. The van der Waals surface area contributed by atoms with Gasteiger partial charge in [-0.15, -0.1) is 0 Å². The number of carbonyl (C=O) groups is 7. The van der Waals surface area contributed by atoms with Crippen molar-refractivity contribution in [3.63, 3.8) is 0 Å². The summed E-state index contributed by atoms with van der Waals surface area (Å²) in [5, 5.41) is 20.6. The SMILES string of the molecule is C=C(C)C(=C)CCC(O)COC(=O)c1ccc(-c2ccc(C(=O)OCC(O)COC(=O)C(=C)C)c(C(=O)OCCOC(=O)CC)c2)cc1C(=O)OCCOC(=O)C(=C)C. The summed E-state index contributed by atoms with van der Waals surface area (Å²) in [6.07, 6.45) is -1.76. The molecule has 2 aromatic carbocycles. The lowest BCUT2D eigenvalue weighted by molar-refractivity contribution is -0.144. The smallest absolute Gasteiger partial charge is 0.339 e. The number of rotatable bonds is 24. The number of ether oxygens (including phenoxy) is 7. The fraction of sp³-hybridized carbons (Fsp3) is 0.372. The van der Waals surface area contributed by atoms with Crippen molar-refractivity contribution in [3.8, 4) is 11.1 Å². The van der Waals surface area contributed by atoms with Crippen LogP contribution < -0.4 is 0 Å². The third-order valence-corrected chi connectivity index (χ3v) is 7.97. The topological polar surface area (TPSA) is 225 Å². The predicted molar refractivity (Wildman–Crippen MR) is 211 cm³/mol. The molecular weight excluding hydrogens is 772 g/mol. The monoisotopic (exact) mass is 822 g/mol. The van der Waals surface area contributed by atoms with Gasteiger partial charge in [0.15, 0.2) is 0 Å². The number of aliphatic hydroxyl groups is 2. The van der Waals surface area contributed by atoms with E-state index in [4.69, 9.17) is 33.2 Å². The summed E-state index contributed by atoms with van der Waals surface area (Å²) in [6, 6.07) is 7.81. The molecule has 0 aliphatic heterocycles. The summed E-state index contributed by atoms with van der Waals surface area (Å²) in [7, 11) is 0. The Kier molecular flexibility index (Phi) is 20.2. The molecule has 0 bridgehead atoms. The molecule has 0 fully saturated rings. The Morgan fingerprint density at radius 3 is 1.39 bits per heavy atom. The van der Waals surface area contributed by atoms with E-state index in [2.05, 4.69) is 26.3 Å². The van der Waals surface area contributed by atoms with Crippen molar-refractivity contribution in [1.82, 2.24) is 0 Å². The second-order valence-corrected chi connectivity index (χ2v) is 13.1. The van der Waals surface area contributed by atoms with E-state index in [9.17, 15) is 43.8 Å². The van der Waals surface area contributed by atoms with Gasteiger partial charge in [-0.05, 0) is 69.0 Å². The number of hydrogen-bond donors (Lipinski definition) is 2. The Balaban J connectivity index is 2.48. The van der Waals surface area contributed by atoms with Crippen LogP contribution in [0.4, 0.5) is 0 Å². The molecule has 16 heteroatoms. The second kappa shape index (κ2) is 24.4. The lowest BCUT2D eigenvalue weighted by atomic mass is 9.95. The highest BCUT2D eigenvalue weighted by molar-refractivity contribution is 6.06. The Hall–Kier alpha value is -6.39. The molecule has 2 atom stereocenters. The second-order valence-electron chi connectivity index (χ2n) is 13.1. The first-order valence-electron chi connectivity index (χ1n) is 18.3. The Morgan fingerprint density at radius 1 is 0.525 bits per heavy atom. The predicted octanol–water partition coefficient (Wildman–Crippen LogP) is 4.81. The van der Waals surface area contributed by atoms with Gasteiger partial charge >= 0.3 is 41.8 Å². The van der Waals surface area contributed by atoms with E-state index >= 15 is 0 Å². The molecule has 2 unspecified atom stereocenters. The molecule has 16 nitrogen and oxygen atoms in total. The van der Waals surface area contributed by atoms with Crippen LogP contribution >= 0.6 is 0 Å². The minimum absolute atomic E-state index is 0.0903. The van der Waals surface area contributed by atoms with Crippen molar-refractivity contribution in [2.75, 3.05) is 46.2 Å². The summed E-state index contributed by atoms with van der Waals surface area (Å²) in [4.78, 5) is 88.2. The zero-order valence-corrected chi connectivity index (χ0v) is 33.6. The maximum Gasteiger partial charge on any atom is 0.339 e. The highest BCUT2D eigenvalue weighted by Gasteiger charge is 2.25. The first-order chi connectivity index (χ1) is 27.9. The molecule has 0 aliphatic carbocycles. The van der Waals surface area contributed by atoms with Crippen molar-refractivity contribution in [2.24, 2.45) is 0 Å². The van der Waals surface area contributed by atoms with E-state index in [1.165, 1.54) is 50.2 Å². The Labute approximate surface area is 342 Å². The molecule has 2 aromatic rings. The fourth-order valence-electron chi connectivity index (χ4n) is 4.56. The molecule has 0 aliphatic rings. The first-order valence-corrected chi connectivity index (χ1v) is 18.3. The maximum absolute atomic E-state index is 13.4. The van der Waals surface area contributed by atoms with E-state index in [0.717, 1.165) is 11.1 Å². The summed E-state index contributed by atoms with van der Waals surface area (Å²) < 4.78 is 35.8. The molecule has 0 radical (unpaired) electrons.